The van der Waals surface area contributed by atoms with Crippen molar-refractivity contribution in [2.75, 3.05) is 12.3 Å². The van der Waals surface area contributed by atoms with E-state index in [1.54, 1.807) is 19.2 Å². The van der Waals surface area contributed by atoms with Crippen molar-refractivity contribution in [2.24, 2.45) is 22.7 Å². The summed E-state index contributed by atoms with van der Waals surface area (Å²) < 4.78 is 184. The van der Waals surface area contributed by atoms with Crippen LogP contribution in [0.15, 0.2) is 0 Å². The highest BCUT2D eigenvalue weighted by Crippen LogP contribution is 2.65. The number of hydrogen-bond donors (Lipinski definition) is 4. The lowest BCUT2D eigenvalue weighted by molar-refractivity contribution is -0.145. The number of piperidine rings is 1. The molecule has 1 heterocycles. The highest BCUT2D eigenvalue weighted by Gasteiger charge is 2.70. The molecule has 0 aromatic carbocycles. The van der Waals surface area contributed by atoms with Gasteiger partial charge in [0.2, 0.25) is 17.6 Å². The number of amides is 5. The Morgan fingerprint density at radius 2 is 1.67 bits per heavy atom. The molecular weight excluding hydrogens is 646 g/mol. The van der Waals surface area contributed by atoms with Gasteiger partial charge in [0.05, 0.1) is 23.4 Å². The fourth-order valence-corrected chi connectivity index (χ4v) is 8.41. The molecule has 4 N–H and O–H groups in total. The fraction of sp³-hybridized carbons (Fsp3) is 0.861. The number of carbonyl (C=O) groups is 5. The summed E-state index contributed by atoms with van der Waals surface area (Å²) in [6.45, 7) is -9.98. The van der Waals surface area contributed by atoms with Crippen LogP contribution in [0.2, 0.25) is 0 Å². The minimum Gasteiger partial charge on any atom is -0.347 e. The number of rotatable bonds is 13. The maximum Gasteiger partial charge on any atom is 0.315 e. The molecular formula is C36H61N5O7S. The van der Waals surface area contributed by atoms with Crippen molar-refractivity contribution in [1.29, 1.82) is 0 Å². The van der Waals surface area contributed by atoms with Gasteiger partial charge in [-0.2, -0.15) is 0 Å². The average molecular weight is 727 g/mol. The first-order valence-corrected chi connectivity index (χ1v) is 18.0. The highest BCUT2D eigenvalue weighted by molar-refractivity contribution is 7.92. The SMILES string of the molecule is [2H]C([2H])([2H])C([2H])([2H])C([2H])([2H])C([2H])([2H])[C@]([2H])(NC(=O)[C@@H]1[C@@H]2[C@H](CN1C(=O)[C@@H](NC(=O)NC1(CS(=O)(=O)C(C)(C)C)CCCCC1)C(C([2H])([2H])[2H])(C([2H])([2H])[2H])C([2H])([2H])[2H])C2(C)C)C(=O)C(=O)NC1CC1. The lowest BCUT2D eigenvalue weighted by Gasteiger charge is -2.41. The molecule has 0 spiro atoms. The molecule has 278 valence electrons. The minimum absolute atomic E-state index is 0.0235. The monoisotopic (exact) mass is 727 g/mol. The standard InChI is InChI=1S/C36H61N5O7S/c1-10-11-15-24(27(42)30(44)37-22-16-17-22)38-29(43)26-25-23(35(25,8)9)20-41(26)31(45)28(33(2,3)4)39-32(46)40-36(18-13-12-14-19-36)21-49(47,48)34(5,6)7/h22-26,28H,10-21H2,1-9H3,(H,37,44)(H,38,43)(H2,39,40,46)/t23-,24-,25-,26-,28+/m0/s1/i1D3,2D3,3D3,4D3,10D2,11D2,15D2,24D. The van der Waals surface area contributed by atoms with Crippen LogP contribution in [0.5, 0.6) is 0 Å². The lowest BCUT2D eigenvalue weighted by Crippen LogP contribution is -2.64. The second-order valence-corrected chi connectivity index (χ2v) is 18.0. The number of urea groups is 1. The van der Waals surface area contributed by atoms with Crippen LogP contribution in [0.3, 0.4) is 0 Å². The van der Waals surface area contributed by atoms with Crippen molar-refractivity contribution >= 4 is 39.4 Å². The summed E-state index contributed by atoms with van der Waals surface area (Å²) in [4.78, 5) is 72.0. The summed E-state index contributed by atoms with van der Waals surface area (Å²) in [6.07, 6.45) is -11.2. The van der Waals surface area contributed by atoms with Crippen molar-refractivity contribution < 1.29 is 58.4 Å². The molecule has 13 heteroatoms. The van der Waals surface area contributed by atoms with E-state index in [2.05, 4.69) is 10.6 Å². The zero-order valence-corrected chi connectivity index (χ0v) is 29.3. The van der Waals surface area contributed by atoms with Crippen LogP contribution in [0.1, 0.15) is 152 Å². The molecule has 3 aliphatic carbocycles. The van der Waals surface area contributed by atoms with E-state index in [9.17, 15) is 27.6 Å². The summed E-state index contributed by atoms with van der Waals surface area (Å²) in [6, 6.07) is -11.9. The zero-order valence-electron chi connectivity index (χ0n) is 47.5. The smallest absolute Gasteiger partial charge is 0.315 e. The van der Waals surface area contributed by atoms with E-state index >= 15 is 4.79 Å². The van der Waals surface area contributed by atoms with Crippen LogP contribution in [0.4, 0.5) is 4.79 Å². The highest BCUT2D eigenvalue weighted by atomic mass is 32.2. The molecule has 0 aromatic heterocycles. The normalized spacial score (nSPS) is 34.0. The van der Waals surface area contributed by atoms with Crippen molar-refractivity contribution in [2.45, 2.75) is 161 Å². The molecule has 3 saturated carbocycles. The van der Waals surface area contributed by atoms with Crippen LogP contribution in [0, 0.1) is 22.7 Å². The Hall–Kier alpha value is -2.70. The molecule has 4 rings (SSSR count). The number of Topliss-reactive ketones (excluding diaryl/α,β-unsaturated/α-hetero) is 1. The summed E-state index contributed by atoms with van der Waals surface area (Å²) in [5.41, 5.74) is -6.85. The predicted molar refractivity (Wildman–Crippen MR) is 188 cm³/mol. The second kappa shape index (κ2) is 14.1. The Labute approximate surface area is 320 Å². The molecule has 0 radical (unpaired) electrons. The number of likely N-dealkylation sites (tertiary alicyclic amines) is 1. The predicted octanol–water partition coefficient (Wildman–Crippen LogP) is 3.62. The average Bonchev–Trinajstić information content (AvgIpc) is 3.98. The van der Waals surface area contributed by atoms with Gasteiger partial charge in [0.15, 0.2) is 9.84 Å². The van der Waals surface area contributed by atoms with E-state index in [1.807, 2.05) is 5.32 Å². The third kappa shape index (κ3) is 8.79. The molecule has 49 heavy (non-hydrogen) atoms. The number of nitrogens with one attached hydrogen (secondary N) is 4. The zero-order chi connectivity index (χ0) is 53.0. The third-order valence-electron chi connectivity index (χ3n) is 10.1. The van der Waals surface area contributed by atoms with Crippen molar-refractivity contribution in [3.63, 3.8) is 0 Å². The van der Waals surface area contributed by atoms with E-state index in [-0.39, 0.29) is 12.8 Å². The van der Waals surface area contributed by atoms with Crippen LogP contribution in [0.25, 0.3) is 0 Å². The van der Waals surface area contributed by atoms with Crippen LogP contribution in [-0.2, 0) is 29.0 Å². The summed E-state index contributed by atoms with van der Waals surface area (Å²) in [5, 5.41) is 8.19. The molecule has 1 aliphatic heterocycles. The largest absolute Gasteiger partial charge is 0.347 e. The van der Waals surface area contributed by atoms with Gasteiger partial charge in [-0.3, -0.25) is 19.2 Å². The summed E-state index contributed by atoms with van der Waals surface area (Å²) in [7, 11) is -4.05. The molecule has 0 unspecified atom stereocenters. The Morgan fingerprint density at radius 3 is 2.24 bits per heavy atom. The topological polar surface area (TPSA) is 171 Å². The number of ketones is 1. The number of carbonyl (C=O) groups excluding carboxylic acids is 5. The summed E-state index contributed by atoms with van der Waals surface area (Å²) in [5.74, 6) is -10.3. The number of fused-ring (bicyclic) bond motifs is 1. The van der Waals surface area contributed by atoms with Gasteiger partial charge in [0.25, 0.3) is 5.91 Å². The minimum atomic E-state index is -4.49. The lowest BCUT2D eigenvalue weighted by atomic mass is 9.83. The quantitative estimate of drug-likeness (QED) is 0.210. The van der Waals surface area contributed by atoms with Crippen LogP contribution in [-0.4, -0.2) is 89.6 Å². The van der Waals surface area contributed by atoms with E-state index < -0.39 is 155 Å². The molecule has 12 nitrogen and oxygen atoms in total. The first-order chi connectivity index (χ1) is 30.1. The van der Waals surface area contributed by atoms with Gasteiger partial charge in [0.1, 0.15) is 12.1 Å². The number of sulfone groups is 1. The Morgan fingerprint density at radius 1 is 1.02 bits per heavy atom. The van der Waals surface area contributed by atoms with Gasteiger partial charge in [0, 0.05) is 37.3 Å². The van der Waals surface area contributed by atoms with Gasteiger partial charge in [-0.1, -0.05) is 73.3 Å². The molecule has 1 saturated heterocycles. The molecule has 5 amide bonds. The van der Waals surface area contributed by atoms with Gasteiger partial charge in [-0.05, 0) is 75.5 Å². The molecule has 0 aromatic rings. The first kappa shape index (κ1) is 20.4. The molecule has 4 aliphatic rings. The van der Waals surface area contributed by atoms with Crippen molar-refractivity contribution in [1.82, 2.24) is 26.2 Å². The Bertz CT molecular complexity index is 2090. The maximum absolute atomic E-state index is 15.3. The van der Waals surface area contributed by atoms with Gasteiger partial charge in [-0.15, -0.1) is 0 Å². The van der Waals surface area contributed by atoms with Gasteiger partial charge < -0.3 is 26.2 Å². The van der Waals surface area contributed by atoms with Crippen LogP contribution >= 0.6 is 0 Å². The maximum atomic E-state index is 15.3. The molecule has 0 bridgehead atoms. The third-order valence-corrected chi connectivity index (χ3v) is 12.9. The fourth-order valence-electron chi connectivity index (χ4n) is 6.88. The van der Waals surface area contributed by atoms with E-state index in [4.69, 9.17) is 26.0 Å². The van der Waals surface area contributed by atoms with Gasteiger partial charge in [-0.25, -0.2) is 13.2 Å². The van der Waals surface area contributed by atoms with E-state index in [0.717, 1.165) is 0 Å². The van der Waals surface area contributed by atoms with Crippen LogP contribution < -0.4 is 21.3 Å². The Kier molecular flexibility index (Phi) is 5.88. The number of nitrogens with zero attached hydrogens (tertiary/aromatic N) is 1. The Balaban J connectivity index is 1.93. The van der Waals surface area contributed by atoms with Gasteiger partial charge >= 0.3 is 6.03 Å². The van der Waals surface area contributed by atoms with E-state index in [0.29, 0.717) is 37.0 Å². The van der Waals surface area contributed by atoms with E-state index in [1.165, 1.54) is 20.8 Å². The van der Waals surface area contributed by atoms with Crippen molar-refractivity contribution in [3.8, 4) is 0 Å². The number of hydrogen-bond acceptors (Lipinski definition) is 7. The first-order valence-electron chi connectivity index (χ1n) is 25.9. The molecule has 5 atom stereocenters. The summed E-state index contributed by atoms with van der Waals surface area (Å²) >= 11 is 0. The van der Waals surface area contributed by atoms with Crippen molar-refractivity contribution in [3.05, 3.63) is 0 Å². The molecule has 4 fully saturated rings. The second-order valence-electron chi connectivity index (χ2n) is 15.3.